The van der Waals surface area contributed by atoms with Crippen molar-refractivity contribution in [2.45, 2.75) is 6.92 Å². The number of aromatic amines is 1. The van der Waals surface area contributed by atoms with Crippen molar-refractivity contribution in [1.82, 2.24) is 15.6 Å². The lowest BCUT2D eigenvalue weighted by Crippen LogP contribution is -2.18. The summed E-state index contributed by atoms with van der Waals surface area (Å²) in [6.07, 6.45) is 1.31. The van der Waals surface area contributed by atoms with Crippen LogP contribution < -0.4 is 5.43 Å². The van der Waals surface area contributed by atoms with Gasteiger partial charge in [0.15, 0.2) is 5.69 Å². The molecule has 0 spiro atoms. The van der Waals surface area contributed by atoms with E-state index in [1.54, 1.807) is 49.4 Å². The molecule has 0 bridgehead atoms. The van der Waals surface area contributed by atoms with Gasteiger partial charge in [-0.2, -0.15) is 15.3 Å². The van der Waals surface area contributed by atoms with Gasteiger partial charge in [0.2, 0.25) is 0 Å². The molecule has 3 aromatic rings. The average molecular weight is 383 g/mol. The van der Waals surface area contributed by atoms with Gasteiger partial charge in [0.05, 0.1) is 16.9 Å². The highest BCUT2D eigenvalue weighted by molar-refractivity contribution is 6.32. The number of H-pyrrole nitrogens is 1. The van der Waals surface area contributed by atoms with Gasteiger partial charge in [0.25, 0.3) is 5.91 Å². The molecular formula is C18H15ClN6O2. The molecule has 0 fully saturated rings. The smallest absolute Gasteiger partial charge is 0.291 e. The summed E-state index contributed by atoms with van der Waals surface area (Å²) >= 11 is 6.03. The van der Waals surface area contributed by atoms with E-state index >= 15 is 0 Å². The van der Waals surface area contributed by atoms with Crippen LogP contribution in [-0.2, 0) is 0 Å². The van der Waals surface area contributed by atoms with Gasteiger partial charge < -0.3 is 5.11 Å². The number of hydrogen-bond donors (Lipinski definition) is 3. The van der Waals surface area contributed by atoms with Crippen molar-refractivity contribution in [2.24, 2.45) is 15.3 Å². The summed E-state index contributed by atoms with van der Waals surface area (Å²) < 4.78 is 0. The number of nitrogens with zero attached hydrogens (tertiary/aromatic N) is 4. The van der Waals surface area contributed by atoms with E-state index in [0.717, 1.165) is 5.69 Å². The lowest BCUT2D eigenvalue weighted by molar-refractivity contribution is 0.0950. The first-order chi connectivity index (χ1) is 13.0. The number of aryl methyl sites for hydroxylation is 1. The van der Waals surface area contributed by atoms with E-state index in [-0.39, 0.29) is 11.4 Å². The molecule has 0 aliphatic rings. The van der Waals surface area contributed by atoms with Gasteiger partial charge in [-0.15, -0.1) is 5.11 Å². The van der Waals surface area contributed by atoms with Crippen LogP contribution in [-0.4, -0.2) is 27.4 Å². The third-order valence-corrected chi connectivity index (χ3v) is 3.76. The summed E-state index contributed by atoms with van der Waals surface area (Å²) in [5, 5.41) is 28.9. The summed E-state index contributed by atoms with van der Waals surface area (Å²) in [5.41, 5.74) is 4.70. The Hall–Kier alpha value is -3.52. The molecule has 0 radical (unpaired) electrons. The van der Waals surface area contributed by atoms with Crippen molar-refractivity contribution < 1.29 is 9.90 Å². The van der Waals surface area contributed by atoms with Gasteiger partial charge in [-0.3, -0.25) is 9.89 Å². The van der Waals surface area contributed by atoms with Crippen molar-refractivity contribution in [2.75, 3.05) is 0 Å². The Kier molecular flexibility index (Phi) is 5.58. The number of nitrogens with one attached hydrogen (secondary N) is 2. The van der Waals surface area contributed by atoms with Gasteiger partial charge in [0.1, 0.15) is 11.4 Å². The number of hydrazone groups is 1. The zero-order valence-corrected chi connectivity index (χ0v) is 15.0. The monoisotopic (exact) mass is 382 g/mol. The number of aromatic hydroxyl groups is 1. The molecule has 0 aliphatic carbocycles. The topological polar surface area (TPSA) is 115 Å². The quantitative estimate of drug-likeness (QED) is 0.348. The second-order valence-electron chi connectivity index (χ2n) is 5.53. The number of carbonyl (C=O) groups is 1. The number of carbonyl (C=O) groups excluding carboxylic acids is 1. The van der Waals surface area contributed by atoms with Crippen LogP contribution in [0.3, 0.4) is 0 Å². The molecule has 0 saturated heterocycles. The van der Waals surface area contributed by atoms with Crippen LogP contribution in [0.15, 0.2) is 63.9 Å². The summed E-state index contributed by atoms with van der Waals surface area (Å²) in [5.74, 6) is -0.482. The van der Waals surface area contributed by atoms with E-state index in [4.69, 9.17) is 11.6 Å². The molecule has 1 aromatic heterocycles. The van der Waals surface area contributed by atoms with Gasteiger partial charge in [-0.1, -0.05) is 23.7 Å². The molecule has 3 N–H and O–H groups in total. The Morgan fingerprint density at radius 2 is 2.04 bits per heavy atom. The van der Waals surface area contributed by atoms with Crippen LogP contribution in [0, 0.1) is 6.92 Å². The lowest BCUT2D eigenvalue weighted by atomic mass is 10.2. The van der Waals surface area contributed by atoms with E-state index in [1.807, 2.05) is 0 Å². The number of halogens is 1. The number of azo groups is 1. The normalized spacial score (nSPS) is 11.3. The van der Waals surface area contributed by atoms with Crippen molar-refractivity contribution in [3.63, 3.8) is 0 Å². The minimum Gasteiger partial charge on any atom is -0.507 e. The first-order valence-corrected chi connectivity index (χ1v) is 8.25. The van der Waals surface area contributed by atoms with Crippen molar-refractivity contribution in [3.8, 4) is 5.75 Å². The van der Waals surface area contributed by atoms with Crippen LogP contribution in [0.25, 0.3) is 0 Å². The average Bonchev–Trinajstić information content (AvgIpc) is 3.09. The molecule has 0 aliphatic heterocycles. The summed E-state index contributed by atoms with van der Waals surface area (Å²) in [6.45, 7) is 1.79. The minimum atomic E-state index is -0.468. The Bertz CT molecular complexity index is 1030. The second kappa shape index (κ2) is 8.24. The van der Waals surface area contributed by atoms with Gasteiger partial charge in [-0.05, 0) is 43.3 Å². The van der Waals surface area contributed by atoms with E-state index in [9.17, 15) is 9.90 Å². The van der Waals surface area contributed by atoms with Gasteiger partial charge in [-0.25, -0.2) is 5.43 Å². The zero-order chi connectivity index (χ0) is 19.2. The number of amides is 1. The predicted octanol–water partition coefficient (Wildman–Crippen LogP) is 4.26. The highest BCUT2D eigenvalue weighted by Crippen LogP contribution is 2.27. The maximum absolute atomic E-state index is 11.9. The van der Waals surface area contributed by atoms with Crippen LogP contribution in [0.1, 0.15) is 21.7 Å². The first kappa shape index (κ1) is 18.3. The fourth-order valence-corrected chi connectivity index (χ4v) is 2.28. The third kappa shape index (κ3) is 4.77. The minimum absolute atomic E-state index is 0.0136. The Morgan fingerprint density at radius 1 is 1.22 bits per heavy atom. The molecule has 0 unspecified atom stereocenters. The number of phenols is 1. The molecule has 0 saturated carbocycles. The molecule has 3 rings (SSSR count). The van der Waals surface area contributed by atoms with Crippen molar-refractivity contribution in [1.29, 1.82) is 0 Å². The molecule has 2 aromatic carbocycles. The third-order valence-electron chi connectivity index (χ3n) is 3.45. The molecule has 8 nitrogen and oxygen atoms in total. The standard InChI is InChI=1S/C18H15ClN6O2/c1-11-8-16(24-21-11)18(27)25-20-10-12-9-13(6-7-17(12)26)22-23-15-5-3-2-4-14(15)19/h2-10,26H,1H3,(H,21,24)(H,25,27)/b20-10+,23-22?. The largest absolute Gasteiger partial charge is 0.507 e. The number of benzene rings is 2. The SMILES string of the molecule is Cc1cc(C(=O)N/N=C/c2cc(N=Nc3ccccc3Cl)ccc2O)n[nH]1. The highest BCUT2D eigenvalue weighted by Gasteiger charge is 2.08. The van der Waals surface area contributed by atoms with E-state index in [2.05, 4.69) is 31.0 Å². The summed E-state index contributed by atoms with van der Waals surface area (Å²) in [7, 11) is 0. The van der Waals surface area contributed by atoms with Crippen LogP contribution >= 0.6 is 11.6 Å². The van der Waals surface area contributed by atoms with Gasteiger partial charge >= 0.3 is 0 Å². The Balaban J connectivity index is 1.71. The molecular weight excluding hydrogens is 368 g/mol. The van der Waals surface area contributed by atoms with Gasteiger partial charge in [0, 0.05) is 11.3 Å². The molecule has 0 atom stereocenters. The number of rotatable bonds is 5. The van der Waals surface area contributed by atoms with E-state index in [0.29, 0.717) is 22.0 Å². The van der Waals surface area contributed by atoms with Crippen LogP contribution in [0.4, 0.5) is 11.4 Å². The van der Waals surface area contributed by atoms with Crippen molar-refractivity contribution >= 4 is 35.1 Å². The van der Waals surface area contributed by atoms with Crippen LogP contribution in [0.2, 0.25) is 5.02 Å². The van der Waals surface area contributed by atoms with E-state index in [1.165, 1.54) is 12.3 Å². The lowest BCUT2D eigenvalue weighted by Gasteiger charge is -2.01. The molecule has 1 heterocycles. The van der Waals surface area contributed by atoms with Crippen molar-refractivity contribution in [3.05, 3.63) is 70.5 Å². The predicted molar refractivity (Wildman–Crippen MR) is 102 cm³/mol. The van der Waals surface area contributed by atoms with E-state index < -0.39 is 5.91 Å². The molecule has 27 heavy (non-hydrogen) atoms. The van der Waals surface area contributed by atoms with Crippen LogP contribution in [0.5, 0.6) is 5.75 Å². The highest BCUT2D eigenvalue weighted by atomic mass is 35.5. The zero-order valence-electron chi connectivity index (χ0n) is 14.2. The Labute approximate surface area is 159 Å². The molecule has 1 amide bonds. The second-order valence-corrected chi connectivity index (χ2v) is 5.94. The number of phenolic OH excluding ortho intramolecular Hbond substituents is 1. The fraction of sp³-hybridized carbons (Fsp3) is 0.0556. The maximum atomic E-state index is 11.9. The summed E-state index contributed by atoms with van der Waals surface area (Å²) in [4.78, 5) is 11.9. The molecule has 9 heteroatoms. The Morgan fingerprint density at radius 3 is 2.78 bits per heavy atom. The molecule has 136 valence electrons. The fourth-order valence-electron chi connectivity index (χ4n) is 2.10. The number of aromatic nitrogens is 2. The first-order valence-electron chi connectivity index (χ1n) is 7.87. The number of hydrogen-bond acceptors (Lipinski definition) is 6. The summed E-state index contributed by atoms with van der Waals surface area (Å²) in [6, 6.07) is 13.3. The maximum Gasteiger partial charge on any atom is 0.291 e.